The molecule has 1 rings (SSSR count). The number of methoxy groups -OCH3 is 1. The number of rotatable bonds is 3. The van der Waals surface area contributed by atoms with Crippen molar-refractivity contribution in [1.29, 1.82) is 0 Å². The maximum atomic E-state index is 10.9. The average molecular weight is 285 g/mol. The van der Waals surface area contributed by atoms with Crippen molar-refractivity contribution < 1.29 is 13.9 Å². The molecule has 0 spiro atoms. The Bertz CT molecular complexity index is 303. The molecule has 14 heavy (non-hydrogen) atoms. The van der Waals surface area contributed by atoms with Crippen LogP contribution in [-0.2, 0) is 16.0 Å². The topological polar surface area (TPSA) is 65.5 Å². The first-order valence-corrected chi connectivity index (χ1v) is 4.50. The lowest BCUT2D eigenvalue weighted by Crippen LogP contribution is -2.33. The molecule has 0 aliphatic carbocycles. The molecule has 4 nitrogen and oxygen atoms in total. The molecule has 1 unspecified atom stereocenters. The Labute approximate surface area is 96.3 Å². The van der Waals surface area contributed by atoms with Crippen molar-refractivity contribution in [1.82, 2.24) is 0 Å². The lowest BCUT2D eigenvalue weighted by atomic mass is 10.2. The van der Waals surface area contributed by atoms with Crippen molar-refractivity contribution in [2.75, 3.05) is 7.11 Å². The second-order valence-electron chi connectivity index (χ2n) is 2.54. The fourth-order valence-corrected chi connectivity index (χ4v) is 1.25. The summed E-state index contributed by atoms with van der Waals surface area (Å²) in [7, 11) is 1.31. The Kier molecular flexibility index (Phi) is 5.83. The van der Waals surface area contributed by atoms with E-state index in [-0.39, 0.29) is 12.4 Å². The number of hydrogen-bond donors (Lipinski definition) is 1. The van der Waals surface area contributed by atoms with Crippen LogP contribution in [0.1, 0.15) is 5.76 Å². The number of hydrogen-bond acceptors (Lipinski definition) is 4. The molecule has 1 atom stereocenters. The van der Waals surface area contributed by atoms with Crippen LogP contribution in [0.15, 0.2) is 21.2 Å². The molecular weight excluding hydrogens is 273 g/mol. The first-order valence-electron chi connectivity index (χ1n) is 3.71. The summed E-state index contributed by atoms with van der Waals surface area (Å²) in [6.07, 6.45) is 0.346. The summed E-state index contributed by atoms with van der Waals surface area (Å²) >= 11 is 3.15. The number of nitrogens with two attached hydrogens (primary N) is 1. The van der Waals surface area contributed by atoms with E-state index < -0.39 is 12.0 Å². The van der Waals surface area contributed by atoms with Crippen LogP contribution in [0.25, 0.3) is 0 Å². The van der Waals surface area contributed by atoms with Crippen molar-refractivity contribution in [2.45, 2.75) is 12.5 Å². The fourth-order valence-electron chi connectivity index (χ4n) is 0.913. The van der Waals surface area contributed by atoms with Gasteiger partial charge in [0.1, 0.15) is 11.8 Å². The van der Waals surface area contributed by atoms with E-state index in [0.29, 0.717) is 16.9 Å². The minimum Gasteiger partial charge on any atom is -0.468 e. The van der Waals surface area contributed by atoms with Crippen LogP contribution in [0, 0.1) is 0 Å². The molecule has 1 aromatic rings. The van der Waals surface area contributed by atoms with Crippen LogP contribution in [0.2, 0.25) is 0 Å². The third-order valence-corrected chi connectivity index (χ3v) is 1.98. The van der Waals surface area contributed by atoms with Crippen LogP contribution in [0.4, 0.5) is 0 Å². The van der Waals surface area contributed by atoms with Gasteiger partial charge in [0.05, 0.1) is 7.11 Å². The van der Waals surface area contributed by atoms with Gasteiger partial charge in [-0.2, -0.15) is 0 Å². The predicted octanol–water partition coefficient (Wildman–Crippen LogP) is 1.51. The van der Waals surface area contributed by atoms with E-state index in [1.165, 1.54) is 7.11 Å². The summed E-state index contributed by atoms with van der Waals surface area (Å²) in [5.74, 6) is 0.220. The van der Waals surface area contributed by atoms with Crippen LogP contribution in [0.3, 0.4) is 0 Å². The summed E-state index contributed by atoms with van der Waals surface area (Å²) in [6.45, 7) is 0. The molecule has 0 aromatic carbocycles. The highest BCUT2D eigenvalue weighted by atomic mass is 79.9. The second-order valence-corrected chi connectivity index (χ2v) is 3.32. The van der Waals surface area contributed by atoms with Gasteiger partial charge in [0, 0.05) is 6.42 Å². The van der Waals surface area contributed by atoms with Crippen molar-refractivity contribution in [3.63, 3.8) is 0 Å². The van der Waals surface area contributed by atoms with Gasteiger partial charge >= 0.3 is 5.97 Å². The van der Waals surface area contributed by atoms with E-state index in [0.717, 1.165) is 0 Å². The normalized spacial score (nSPS) is 11.6. The van der Waals surface area contributed by atoms with Gasteiger partial charge in [-0.05, 0) is 28.1 Å². The first kappa shape index (κ1) is 13.5. The lowest BCUT2D eigenvalue weighted by Gasteiger charge is -2.05. The molecule has 0 bridgehead atoms. The summed E-state index contributed by atoms with van der Waals surface area (Å²) in [5, 5.41) is 0. The number of furan rings is 1. The van der Waals surface area contributed by atoms with E-state index in [2.05, 4.69) is 20.7 Å². The summed E-state index contributed by atoms with van der Waals surface area (Å²) < 4.78 is 10.3. The largest absolute Gasteiger partial charge is 0.468 e. The molecule has 80 valence electrons. The van der Waals surface area contributed by atoms with Gasteiger partial charge in [0.25, 0.3) is 0 Å². The lowest BCUT2D eigenvalue weighted by molar-refractivity contribution is -0.142. The number of carbonyl (C=O) groups is 1. The minimum absolute atomic E-state index is 0. The zero-order valence-electron chi connectivity index (χ0n) is 7.53. The van der Waals surface area contributed by atoms with E-state index in [4.69, 9.17) is 10.2 Å². The molecule has 0 aliphatic heterocycles. The van der Waals surface area contributed by atoms with E-state index in [1.807, 2.05) is 0 Å². The molecule has 6 heteroatoms. The summed E-state index contributed by atoms with van der Waals surface area (Å²) in [4.78, 5) is 10.9. The minimum atomic E-state index is -0.664. The zero-order valence-corrected chi connectivity index (χ0v) is 9.93. The Balaban J connectivity index is 0.00000169. The van der Waals surface area contributed by atoms with Crippen LogP contribution in [0.5, 0.6) is 0 Å². The zero-order chi connectivity index (χ0) is 9.84. The third kappa shape index (κ3) is 3.69. The van der Waals surface area contributed by atoms with Gasteiger partial charge < -0.3 is 14.9 Å². The number of carbonyl (C=O) groups excluding carboxylic acids is 1. The molecule has 0 aliphatic rings. The molecule has 1 aromatic heterocycles. The van der Waals surface area contributed by atoms with E-state index >= 15 is 0 Å². The van der Waals surface area contributed by atoms with Gasteiger partial charge in [-0.25, -0.2) is 0 Å². The van der Waals surface area contributed by atoms with Crippen LogP contribution in [-0.4, -0.2) is 19.1 Å². The molecular formula is C8H11BrClNO3. The highest BCUT2D eigenvalue weighted by Crippen LogP contribution is 2.15. The molecule has 0 saturated heterocycles. The van der Waals surface area contributed by atoms with Gasteiger partial charge in [-0.3, -0.25) is 4.79 Å². The Morgan fingerprint density at radius 1 is 1.71 bits per heavy atom. The van der Waals surface area contributed by atoms with Crippen LogP contribution < -0.4 is 5.73 Å². The molecule has 0 radical (unpaired) electrons. The predicted molar refractivity (Wildman–Crippen MR) is 57.4 cm³/mol. The Morgan fingerprint density at radius 3 is 2.79 bits per heavy atom. The average Bonchev–Trinajstić information content (AvgIpc) is 2.49. The van der Waals surface area contributed by atoms with Gasteiger partial charge in [0.2, 0.25) is 0 Å². The van der Waals surface area contributed by atoms with E-state index in [9.17, 15) is 4.79 Å². The van der Waals surface area contributed by atoms with Gasteiger partial charge in [-0.1, -0.05) is 0 Å². The molecule has 0 amide bonds. The van der Waals surface area contributed by atoms with Gasteiger partial charge in [-0.15, -0.1) is 12.4 Å². The van der Waals surface area contributed by atoms with Gasteiger partial charge in [0.15, 0.2) is 4.67 Å². The smallest absolute Gasteiger partial charge is 0.323 e. The number of ether oxygens (including phenoxy) is 1. The molecule has 2 N–H and O–H groups in total. The monoisotopic (exact) mass is 283 g/mol. The standard InChI is InChI=1S/C8H10BrNO3.ClH/c1-12-8(11)6(10)4-5-2-3-7(9)13-5;/h2-3,6H,4,10H2,1H3;1H. The van der Waals surface area contributed by atoms with Crippen molar-refractivity contribution in [3.8, 4) is 0 Å². The second kappa shape index (κ2) is 6.06. The molecule has 0 saturated carbocycles. The maximum absolute atomic E-state index is 10.9. The SMILES string of the molecule is COC(=O)C(N)Cc1ccc(Br)o1.Cl. The molecule has 1 heterocycles. The number of halogens is 2. The highest BCUT2D eigenvalue weighted by molar-refractivity contribution is 9.10. The van der Waals surface area contributed by atoms with Crippen molar-refractivity contribution in [2.24, 2.45) is 5.73 Å². The fraction of sp³-hybridized carbons (Fsp3) is 0.375. The summed E-state index contributed by atoms with van der Waals surface area (Å²) in [5.41, 5.74) is 5.52. The van der Waals surface area contributed by atoms with Crippen molar-refractivity contribution >= 4 is 34.3 Å². The third-order valence-electron chi connectivity index (χ3n) is 1.55. The maximum Gasteiger partial charge on any atom is 0.323 e. The number of esters is 1. The first-order chi connectivity index (χ1) is 6.13. The quantitative estimate of drug-likeness (QED) is 0.855. The summed E-state index contributed by atoms with van der Waals surface area (Å²) in [6, 6.07) is 2.84. The molecule has 0 fully saturated rings. The van der Waals surface area contributed by atoms with Crippen molar-refractivity contribution in [3.05, 3.63) is 22.6 Å². The highest BCUT2D eigenvalue weighted by Gasteiger charge is 2.15. The van der Waals surface area contributed by atoms with E-state index in [1.54, 1.807) is 12.1 Å². The van der Waals surface area contributed by atoms with Crippen LogP contribution >= 0.6 is 28.3 Å². The Morgan fingerprint density at radius 2 is 2.36 bits per heavy atom. The Hall–Kier alpha value is -0.520.